The van der Waals surface area contributed by atoms with Crippen molar-refractivity contribution < 1.29 is 5.11 Å². The van der Waals surface area contributed by atoms with Crippen LogP contribution in [0.15, 0.2) is 0 Å². The van der Waals surface area contributed by atoms with E-state index in [-0.39, 0.29) is 16.9 Å². The molecule has 4 aliphatic heterocycles. The van der Waals surface area contributed by atoms with Crippen molar-refractivity contribution in [1.29, 1.82) is 0 Å². The second kappa shape index (κ2) is 3.75. The zero-order valence-electron chi connectivity index (χ0n) is 12.5. The molecular weight excluding hydrogens is 236 g/mol. The third kappa shape index (κ3) is 1.30. The van der Waals surface area contributed by atoms with Crippen LogP contribution in [0, 0.1) is 10.8 Å². The molecule has 0 radical (unpaired) electrons. The highest BCUT2D eigenvalue weighted by Gasteiger charge is 2.68. The van der Waals surface area contributed by atoms with Gasteiger partial charge in [-0.2, -0.15) is 0 Å². The molecule has 3 heteroatoms. The molecule has 4 saturated heterocycles. The first-order chi connectivity index (χ1) is 9.11. The molecular formula is C16H28N2O. The van der Waals surface area contributed by atoms with Crippen LogP contribution in [0.3, 0.4) is 0 Å². The van der Waals surface area contributed by atoms with Crippen molar-refractivity contribution in [3.63, 3.8) is 0 Å². The molecule has 5 aliphatic rings. The molecule has 4 heterocycles. The number of hydrogen-bond donors (Lipinski definition) is 1. The average molecular weight is 264 g/mol. The maximum Gasteiger partial charge on any atom is 0.0738 e. The van der Waals surface area contributed by atoms with E-state index in [9.17, 15) is 5.11 Å². The van der Waals surface area contributed by atoms with Gasteiger partial charge in [0.1, 0.15) is 0 Å². The number of aliphatic hydroxyl groups is 1. The third-order valence-electron chi connectivity index (χ3n) is 7.17. The van der Waals surface area contributed by atoms with Gasteiger partial charge in [-0.05, 0) is 25.7 Å². The van der Waals surface area contributed by atoms with E-state index in [1.807, 2.05) is 0 Å². The minimum atomic E-state index is -0.0822. The van der Waals surface area contributed by atoms with E-state index < -0.39 is 0 Å². The van der Waals surface area contributed by atoms with E-state index in [1.165, 1.54) is 25.7 Å². The van der Waals surface area contributed by atoms with Crippen LogP contribution in [0.5, 0.6) is 0 Å². The first-order valence-corrected chi connectivity index (χ1v) is 8.29. The van der Waals surface area contributed by atoms with Crippen molar-refractivity contribution in [3.05, 3.63) is 0 Å². The average Bonchev–Trinajstić information content (AvgIpc) is 2.89. The van der Waals surface area contributed by atoms with Crippen LogP contribution in [0.25, 0.3) is 0 Å². The lowest BCUT2D eigenvalue weighted by Gasteiger charge is -2.73. The number of rotatable bonds is 2. The molecule has 4 bridgehead atoms. The Balaban J connectivity index is 1.78. The molecule has 108 valence electrons. The van der Waals surface area contributed by atoms with E-state index in [1.54, 1.807) is 0 Å². The molecule has 1 saturated carbocycles. The summed E-state index contributed by atoms with van der Waals surface area (Å²) in [7, 11) is 0. The van der Waals surface area contributed by atoms with Crippen LogP contribution in [0.1, 0.15) is 52.4 Å². The van der Waals surface area contributed by atoms with Gasteiger partial charge in [0.05, 0.1) is 11.8 Å². The molecule has 19 heavy (non-hydrogen) atoms. The SMILES string of the molecule is CCC12CN3CC(CC)(CN(C1)C31CCCC1)C2O. The Morgan fingerprint density at radius 3 is 1.68 bits per heavy atom. The molecule has 0 amide bonds. The minimum Gasteiger partial charge on any atom is -0.392 e. The predicted molar refractivity (Wildman–Crippen MR) is 75.8 cm³/mol. The summed E-state index contributed by atoms with van der Waals surface area (Å²) in [6, 6.07) is 0. The minimum absolute atomic E-state index is 0.0822. The van der Waals surface area contributed by atoms with Gasteiger partial charge in [-0.25, -0.2) is 0 Å². The standard InChI is InChI=1S/C16H28N2O/c1-3-14-9-17-11-15(4-2,13(14)19)12-18(10-14)16(17)7-5-6-8-16/h13,19H,3-12H2,1-2H3. The van der Waals surface area contributed by atoms with Gasteiger partial charge in [0.25, 0.3) is 0 Å². The van der Waals surface area contributed by atoms with Gasteiger partial charge >= 0.3 is 0 Å². The lowest BCUT2D eigenvalue weighted by atomic mass is 9.56. The molecule has 1 N–H and O–H groups in total. The van der Waals surface area contributed by atoms with E-state index in [4.69, 9.17) is 0 Å². The Hall–Kier alpha value is -0.120. The lowest BCUT2D eigenvalue weighted by molar-refractivity contribution is -0.296. The Labute approximate surface area is 117 Å². The monoisotopic (exact) mass is 264 g/mol. The Bertz CT molecular complexity index is 346. The van der Waals surface area contributed by atoms with E-state index in [2.05, 4.69) is 23.6 Å². The van der Waals surface area contributed by atoms with Crippen LogP contribution in [-0.2, 0) is 0 Å². The lowest BCUT2D eigenvalue weighted by Crippen LogP contribution is -2.84. The molecule has 3 nitrogen and oxygen atoms in total. The van der Waals surface area contributed by atoms with Gasteiger partial charge in [-0.1, -0.05) is 26.7 Å². The second-order valence-electron chi connectivity index (χ2n) is 7.74. The first-order valence-electron chi connectivity index (χ1n) is 8.29. The van der Waals surface area contributed by atoms with Crippen LogP contribution in [0.2, 0.25) is 0 Å². The molecule has 5 rings (SSSR count). The fraction of sp³-hybridized carbons (Fsp3) is 1.00. The largest absolute Gasteiger partial charge is 0.392 e. The fourth-order valence-corrected chi connectivity index (χ4v) is 5.92. The summed E-state index contributed by atoms with van der Waals surface area (Å²) in [6.07, 6.45) is 7.69. The van der Waals surface area contributed by atoms with E-state index >= 15 is 0 Å². The highest BCUT2D eigenvalue weighted by Crippen LogP contribution is 2.59. The Morgan fingerprint density at radius 1 is 0.895 bits per heavy atom. The summed E-state index contributed by atoms with van der Waals surface area (Å²) in [5.74, 6) is 0. The first kappa shape index (κ1) is 12.6. The molecule has 5 fully saturated rings. The van der Waals surface area contributed by atoms with Crippen molar-refractivity contribution in [3.8, 4) is 0 Å². The van der Waals surface area contributed by atoms with Crippen molar-refractivity contribution in [2.75, 3.05) is 26.2 Å². The number of nitrogens with zero attached hydrogens (tertiary/aromatic N) is 2. The summed E-state index contributed by atoms with van der Waals surface area (Å²) in [5, 5.41) is 11.0. The fourth-order valence-electron chi connectivity index (χ4n) is 5.92. The molecule has 1 aliphatic carbocycles. The topological polar surface area (TPSA) is 26.7 Å². The zero-order chi connectivity index (χ0) is 13.3. The molecule has 1 spiro atoms. The van der Waals surface area contributed by atoms with Gasteiger partial charge in [0.15, 0.2) is 0 Å². The normalized spacial score (nSPS) is 54.2. The van der Waals surface area contributed by atoms with Crippen LogP contribution in [-0.4, -0.2) is 52.9 Å². The van der Waals surface area contributed by atoms with Gasteiger partial charge < -0.3 is 5.11 Å². The smallest absolute Gasteiger partial charge is 0.0738 e. The van der Waals surface area contributed by atoms with E-state index in [0.717, 1.165) is 39.0 Å². The summed E-state index contributed by atoms with van der Waals surface area (Å²) >= 11 is 0. The molecule has 0 aromatic rings. The van der Waals surface area contributed by atoms with Crippen LogP contribution >= 0.6 is 0 Å². The van der Waals surface area contributed by atoms with Crippen molar-refractivity contribution in [2.45, 2.75) is 64.1 Å². The van der Waals surface area contributed by atoms with Crippen LogP contribution < -0.4 is 0 Å². The summed E-state index contributed by atoms with van der Waals surface area (Å²) in [5.41, 5.74) is 0.693. The quantitative estimate of drug-likeness (QED) is 0.827. The summed E-state index contributed by atoms with van der Waals surface area (Å²) in [4.78, 5) is 5.57. The highest BCUT2D eigenvalue weighted by atomic mass is 16.3. The number of aliphatic hydroxyl groups excluding tert-OH is 1. The Kier molecular flexibility index (Phi) is 2.49. The van der Waals surface area contributed by atoms with Gasteiger partial charge in [0, 0.05) is 37.0 Å². The predicted octanol–water partition coefficient (Wildman–Crippen LogP) is 2.06. The van der Waals surface area contributed by atoms with E-state index in [0.29, 0.717) is 5.66 Å². The number of hydrogen-bond acceptors (Lipinski definition) is 3. The maximum absolute atomic E-state index is 11.0. The van der Waals surface area contributed by atoms with Crippen molar-refractivity contribution in [2.24, 2.45) is 10.8 Å². The third-order valence-corrected chi connectivity index (χ3v) is 7.17. The molecule has 0 aromatic heterocycles. The molecule has 0 unspecified atom stereocenters. The second-order valence-corrected chi connectivity index (χ2v) is 7.74. The van der Waals surface area contributed by atoms with Crippen molar-refractivity contribution >= 4 is 0 Å². The van der Waals surface area contributed by atoms with Gasteiger partial charge in [0.2, 0.25) is 0 Å². The Morgan fingerprint density at radius 2 is 1.32 bits per heavy atom. The van der Waals surface area contributed by atoms with Gasteiger partial charge in [-0.3, -0.25) is 9.80 Å². The summed E-state index contributed by atoms with van der Waals surface area (Å²) < 4.78 is 0. The van der Waals surface area contributed by atoms with Crippen LogP contribution in [0.4, 0.5) is 0 Å². The summed E-state index contributed by atoms with van der Waals surface area (Å²) in [6.45, 7) is 9.13. The number of piperidine rings is 2. The zero-order valence-corrected chi connectivity index (χ0v) is 12.5. The molecule has 0 aromatic carbocycles. The van der Waals surface area contributed by atoms with Gasteiger partial charge in [-0.15, -0.1) is 0 Å². The highest BCUT2D eigenvalue weighted by molar-refractivity contribution is 5.19. The maximum atomic E-state index is 11.0. The van der Waals surface area contributed by atoms with Crippen molar-refractivity contribution in [1.82, 2.24) is 9.80 Å². The molecule has 0 atom stereocenters.